The summed E-state index contributed by atoms with van der Waals surface area (Å²) < 4.78 is 4.85. The number of hydrogen-bond acceptors (Lipinski definition) is 6. The highest BCUT2D eigenvalue weighted by atomic mass is 16.6. The summed E-state index contributed by atoms with van der Waals surface area (Å²) in [5.74, 6) is 0.257. The van der Waals surface area contributed by atoms with Gasteiger partial charge in [-0.05, 0) is 17.7 Å². The van der Waals surface area contributed by atoms with Gasteiger partial charge < -0.3 is 14.9 Å². The summed E-state index contributed by atoms with van der Waals surface area (Å²) in [5, 5.41) is 33.4. The number of nitro benzene ring substituents is 1. The topological polar surface area (TPSA) is 142 Å². The number of nitro groups is 1. The standard InChI is InChI=1S/C10H12N4O5/c1-19-6-2-3-7(8(4-6)14(17)18)10(16)9(15)5-12-13-11/h2-4,9-10,15-16H,5H2,1H3. The average molecular weight is 268 g/mol. The molecule has 102 valence electrons. The number of aliphatic hydroxyl groups excluding tert-OH is 2. The van der Waals surface area contributed by atoms with E-state index in [4.69, 9.17) is 10.3 Å². The molecule has 0 fully saturated rings. The van der Waals surface area contributed by atoms with Crippen molar-refractivity contribution in [2.24, 2.45) is 5.11 Å². The molecule has 0 heterocycles. The van der Waals surface area contributed by atoms with Gasteiger partial charge in [-0.1, -0.05) is 5.11 Å². The molecule has 0 spiro atoms. The van der Waals surface area contributed by atoms with E-state index in [1.807, 2.05) is 0 Å². The molecule has 0 radical (unpaired) electrons. The first-order valence-corrected chi connectivity index (χ1v) is 5.20. The van der Waals surface area contributed by atoms with Gasteiger partial charge in [0, 0.05) is 4.91 Å². The van der Waals surface area contributed by atoms with Gasteiger partial charge in [-0.15, -0.1) is 0 Å². The van der Waals surface area contributed by atoms with Crippen molar-refractivity contribution in [2.75, 3.05) is 13.7 Å². The van der Waals surface area contributed by atoms with Crippen LogP contribution in [0.2, 0.25) is 0 Å². The summed E-state index contributed by atoms with van der Waals surface area (Å²) >= 11 is 0. The van der Waals surface area contributed by atoms with Gasteiger partial charge >= 0.3 is 0 Å². The van der Waals surface area contributed by atoms with E-state index in [1.165, 1.54) is 19.2 Å². The zero-order chi connectivity index (χ0) is 14.4. The molecule has 0 aliphatic rings. The zero-order valence-corrected chi connectivity index (χ0v) is 10.0. The van der Waals surface area contributed by atoms with Crippen LogP contribution in [0.4, 0.5) is 5.69 Å². The third kappa shape index (κ3) is 3.55. The number of rotatable bonds is 6. The molecule has 0 saturated heterocycles. The maximum Gasteiger partial charge on any atom is 0.279 e. The molecule has 2 N–H and O–H groups in total. The van der Waals surface area contributed by atoms with Crippen LogP contribution in [0.3, 0.4) is 0 Å². The van der Waals surface area contributed by atoms with Crippen LogP contribution >= 0.6 is 0 Å². The lowest BCUT2D eigenvalue weighted by Crippen LogP contribution is -2.22. The maximum atomic E-state index is 10.9. The van der Waals surface area contributed by atoms with Crippen molar-refractivity contribution in [3.63, 3.8) is 0 Å². The second-order valence-electron chi connectivity index (χ2n) is 3.61. The molecule has 1 rings (SSSR count). The van der Waals surface area contributed by atoms with E-state index in [1.54, 1.807) is 0 Å². The van der Waals surface area contributed by atoms with Crippen molar-refractivity contribution in [3.8, 4) is 5.75 Å². The molecule has 9 heteroatoms. The van der Waals surface area contributed by atoms with Gasteiger partial charge in [0.2, 0.25) is 0 Å². The number of benzene rings is 1. The molecule has 2 atom stereocenters. The van der Waals surface area contributed by atoms with E-state index in [9.17, 15) is 20.3 Å². The quantitative estimate of drug-likeness (QED) is 0.263. The molecule has 0 aromatic heterocycles. The monoisotopic (exact) mass is 268 g/mol. The van der Waals surface area contributed by atoms with E-state index in [-0.39, 0.29) is 23.5 Å². The summed E-state index contributed by atoms with van der Waals surface area (Å²) in [4.78, 5) is 12.6. The Morgan fingerprint density at radius 2 is 2.26 bits per heavy atom. The summed E-state index contributed by atoms with van der Waals surface area (Å²) in [7, 11) is 1.35. The normalized spacial score (nSPS) is 13.2. The molecule has 0 aliphatic carbocycles. The fourth-order valence-corrected chi connectivity index (χ4v) is 1.49. The largest absolute Gasteiger partial charge is 0.497 e. The number of hydrogen-bond donors (Lipinski definition) is 2. The molecule has 0 bridgehead atoms. The van der Waals surface area contributed by atoms with Crippen LogP contribution in [0.15, 0.2) is 23.3 Å². The maximum absolute atomic E-state index is 10.9. The number of methoxy groups -OCH3 is 1. The zero-order valence-electron chi connectivity index (χ0n) is 10.0. The predicted molar refractivity (Wildman–Crippen MR) is 64.6 cm³/mol. The van der Waals surface area contributed by atoms with Gasteiger partial charge in [0.25, 0.3) is 5.69 Å². The smallest absolute Gasteiger partial charge is 0.279 e. The molecular formula is C10H12N4O5. The van der Waals surface area contributed by atoms with Crippen LogP contribution in [-0.4, -0.2) is 34.9 Å². The first kappa shape index (κ1) is 14.7. The molecule has 0 amide bonds. The Balaban J connectivity index is 3.11. The van der Waals surface area contributed by atoms with Crippen LogP contribution in [0.1, 0.15) is 11.7 Å². The molecule has 19 heavy (non-hydrogen) atoms. The highest BCUT2D eigenvalue weighted by Crippen LogP contribution is 2.31. The highest BCUT2D eigenvalue weighted by molar-refractivity contribution is 5.47. The van der Waals surface area contributed by atoms with Crippen LogP contribution < -0.4 is 4.74 Å². The molecule has 0 saturated carbocycles. The Hall–Kier alpha value is -2.35. The molecule has 2 unspecified atom stereocenters. The number of ether oxygens (including phenoxy) is 1. The van der Waals surface area contributed by atoms with E-state index in [2.05, 4.69) is 10.0 Å². The second kappa shape index (κ2) is 6.55. The number of azide groups is 1. The van der Waals surface area contributed by atoms with Crippen molar-refractivity contribution in [3.05, 3.63) is 44.3 Å². The summed E-state index contributed by atoms with van der Waals surface area (Å²) in [6.45, 7) is -0.388. The van der Waals surface area contributed by atoms with E-state index >= 15 is 0 Å². The minimum Gasteiger partial charge on any atom is -0.497 e. The Kier molecular flexibility index (Phi) is 5.07. The lowest BCUT2D eigenvalue weighted by atomic mass is 10.0. The van der Waals surface area contributed by atoms with E-state index < -0.39 is 17.1 Å². The third-order valence-electron chi connectivity index (χ3n) is 2.45. The Bertz CT molecular complexity index is 515. The Labute approximate surface area is 107 Å². The first-order valence-electron chi connectivity index (χ1n) is 5.20. The molecule has 0 aliphatic heterocycles. The number of aliphatic hydroxyl groups is 2. The van der Waals surface area contributed by atoms with Crippen molar-refractivity contribution >= 4 is 5.69 Å². The lowest BCUT2D eigenvalue weighted by molar-refractivity contribution is -0.386. The molecule has 9 nitrogen and oxygen atoms in total. The Morgan fingerprint density at radius 1 is 1.58 bits per heavy atom. The lowest BCUT2D eigenvalue weighted by Gasteiger charge is -2.16. The van der Waals surface area contributed by atoms with Gasteiger partial charge in [-0.2, -0.15) is 0 Å². The fourth-order valence-electron chi connectivity index (χ4n) is 1.49. The van der Waals surface area contributed by atoms with E-state index in [0.717, 1.165) is 6.07 Å². The van der Waals surface area contributed by atoms with Crippen LogP contribution in [-0.2, 0) is 0 Å². The van der Waals surface area contributed by atoms with Gasteiger partial charge in [-0.3, -0.25) is 10.1 Å². The first-order chi connectivity index (χ1) is 9.01. The molecule has 1 aromatic carbocycles. The summed E-state index contributed by atoms with van der Waals surface area (Å²) in [6.07, 6.45) is -2.96. The van der Waals surface area contributed by atoms with Crippen molar-refractivity contribution < 1.29 is 19.9 Å². The molecular weight excluding hydrogens is 256 g/mol. The SMILES string of the molecule is COc1ccc(C(O)C(O)CN=[N+]=[N-])c([N+](=O)[O-])c1. The van der Waals surface area contributed by atoms with E-state index in [0.29, 0.717) is 0 Å². The van der Waals surface area contributed by atoms with Crippen LogP contribution in [0.5, 0.6) is 5.75 Å². The predicted octanol–water partition coefficient (Wildman–Crippen LogP) is 1.31. The number of nitrogens with zero attached hydrogens (tertiary/aromatic N) is 4. The van der Waals surface area contributed by atoms with Crippen molar-refractivity contribution in [2.45, 2.75) is 12.2 Å². The molecule has 1 aromatic rings. The van der Waals surface area contributed by atoms with Gasteiger partial charge in [0.1, 0.15) is 11.9 Å². The van der Waals surface area contributed by atoms with Gasteiger partial charge in [0.15, 0.2) is 0 Å². The van der Waals surface area contributed by atoms with Gasteiger partial charge in [0.05, 0.1) is 36.3 Å². The highest BCUT2D eigenvalue weighted by Gasteiger charge is 2.26. The minimum absolute atomic E-state index is 0.0774. The summed E-state index contributed by atoms with van der Waals surface area (Å²) in [5.41, 5.74) is 7.66. The third-order valence-corrected chi connectivity index (χ3v) is 2.45. The summed E-state index contributed by atoms with van der Waals surface area (Å²) in [6, 6.07) is 3.84. The fraction of sp³-hybridized carbons (Fsp3) is 0.400. The van der Waals surface area contributed by atoms with Crippen LogP contribution in [0.25, 0.3) is 10.4 Å². The van der Waals surface area contributed by atoms with Crippen molar-refractivity contribution in [1.29, 1.82) is 0 Å². The average Bonchev–Trinajstić information content (AvgIpc) is 2.43. The second-order valence-corrected chi connectivity index (χ2v) is 3.61. The minimum atomic E-state index is -1.53. The van der Waals surface area contributed by atoms with Crippen LogP contribution in [0, 0.1) is 10.1 Å². The van der Waals surface area contributed by atoms with Crippen molar-refractivity contribution in [1.82, 2.24) is 0 Å². The Morgan fingerprint density at radius 3 is 2.79 bits per heavy atom. The van der Waals surface area contributed by atoms with Gasteiger partial charge in [-0.25, -0.2) is 0 Å².